The molecule has 0 radical (unpaired) electrons. The topological polar surface area (TPSA) is 105 Å². The Morgan fingerprint density at radius 2 is 1.94 bits per heavy atom. The van der Waals surface area contributed by atoms with Crippen molar-refractivity contribution in [3.05, 3.63) is 58.4 Å². The minimum atomic E-state index is -0.389. The summed E-state index contributed by atoms with van der Waals surface area (Å²) in [5.74, 6) is 1.38. The van der Waals surface area contributed by atoms with E-state index in [1.54, 1.807) is 6.07 Å². The van der Waals surface area contributed by atoms with Gasteiger partial charge in [-0.1, -0.05) is 24.6 Å². The van der Waals surface area contributed by atoms with Crippen molar-refractivity contribution in [2.24, 2.45) is 0 Å². The molecular formula is C24H30N6O3. The molecule has 2 aromatic carbocycles. The predicted octanol–water partition coefficient (Wildman–Crippen LogP) is 4.45. The number of likely N-dealkylation sites (tertiary alicyclic amines) is 1. The number of benzene rings is 2. The van der Waals surface area contributed by atoms with Crippen molar-refractivity contribution in [1.82, 2.24) is 14.9 Å². The van der Waals surface area contributed by atoms with Gasteiger partial charge in [-0.2, -0.15) is 0 Å². The van der Waals surface area contributed by atoms with E-state index in [1.165, 1.54) is 31.7 Å². The molecule has 0 amide bonds. The summed E-state index contributed by atoms with van der Waals surface area (Å²) in [4.78, 5) is 22.3. The van der Waals surface area contributed by atoms with E-state index in [0.717, 1.165) is 30.9 Å². The molecule has 3 aromatic rings. The predicted molar refractivity (Wildman–Crippen MR) is 130 cm³/mol. The van der Waals surface area contributed by atoms with E-state index in [0.29, 0.717) is 42.1 Å². The van der Waals surface area contributed by atoms with Gasteiger partial charge in [0.2, 0.25) is 0 Å². The van der Waals surface area contributed by atoms with Crippen molar-refractivity contribution in [2.45, 2.75) is 32.7 Å². The second-order valence-electron chi connectivity index (χ2n) is 8.11. The van der Waals surface area contributed by atoms with Gasteiger partial charge in [0.05, 0.1) is 10.4 Å². The van der Waals surface area contributed by atoms with Crippen LogP contribution in [0.1, 0.15) is 31.7 Å². The Morgan fingerprint density at radius 1 is 1.12 bits per heavy atom. The Morgan fingerprint density at radius 3 is 2.73 bits per heavy atom. The van der Waals surface area contributed by atoms with Gasteiger partial charge in [-0.3, -0.25) is 15.0 Å². The van der Waals surface area contributed by atoms with E-state index in [1.807, 2.05) is 31.2 Å². The monoisotopic (exact) mass is 450 g/mol. The highest BCUT2D eigenvalue weighted by atomic mass is 16.6. The third-order valence-corrected chi connectivity index (χ3v) is 5.85. The molecule has 0 aliphatic carbocycles. The number of fused-ring (bicyclic) bond motifs is 1. The number of nitrogens with one attached hydrogen (secondary N) is 2. The van der Waals surface area contributed by atoms with Crippen molar-refractivity contribution in [1.29, 1.82) is 0 Å². The molecule has 0 saturated carbocycles. The van der Waals surface area contributed by atoms with Gasteiger partial charge in [0.15, 0.2) is 0 Å². The number of nitro benzene ring substituents is 1. The molecule has 1 fully saturated rings. The first-order chi connectivity index (χ1) is 16.2. The molecule has 1 aliphatic heterocycles. The van der Waals surface area contributed by atoms with Gasteiger partial charge in [0.1, 0.15) is 30.2 Å². The fraction of sp³-hybridized carbons (Fsp3) is 0.417. The van der Waals surface area contributed by atoms with Crippen LogP contribution >= 0.6 is 0 Å². The first-order valence-corrected chi connectivity index (χ1v) is 11.5. The zero-order valence-electron chi connectivity index (χ0n) is 18.9. The lowest BCUT2D eigenvalue weighted by atomic mass is 10.1. The summed E-state index contributed by atoms with van der Waals surface area (Å²) in [6.07, 6.45) is 5.32. The second-order valence-corrected chi connectivity index (χ2v) is 8.11. The summed E-state index contributed by atoms with van der Waals surface area (Å²) in [6, 6.07) is 11.1. The van der Waals surface area contributed by atoms with E-state index in [-0.39, 0.29) is 10.6 Å². The standard InChI is InChI=1S/C24H30N6O3/c1-2-25-21-15-20-19(14-22(21)30(31)32)24(28-17-27-20)26-16-18-8-4-5-9-23(18)33-13-12-29-10-6-3-7-11-29/h4-5,8-9,14-15,17,25H,2-3,6-7,10-13,16H2,1H3,(H,26,27,28). The summed E-state index contributed by atoms with van der Waals surface area (Å²) >= 11 is 0. The molecule has 33 heavy (non-hydrogen) atoms. The van der Waals surface area contributed by atoms with E-state index < -0.39 is 0 Å². The van der Waals surface area contributed by atoms with Gasteiger partial charge in [-0.15, -0.1) is 0 Å². The number of ether oxygens (including phenoxy) is 1. The van der Waals surface area contributed by atoms with Crippen LogP contribution in [-0.2, 0) is 6.54 Å². The fourth-order valence-corrected chi connectivity index (χ4v) is 4.15. The largest absolute Gasteiger partial charge is 0.492 e. The molecule has 1 aromatic heterocycles. The van der Waals surface area contributed by atoms with Gasteiger partial charge in [0, 0.05) is 36.7 Å². The van der Waals surface area contributed by atoms with Crippen LogP contribution in [0.25, 0.3) is 10.9 Å². The van der Waals surface area contributed by atoms with Crippen LogP contribution in [0.15, 0.2) is 42.7 Å². The zero-order chi connectivity index (χ0) is 23.0. The number of nitro groups is 1. The maximum Gasteiger partial charge on any atom is 0.293 e. The summed E-state index contributed by atoms with van der Waals surface area (Å²) < 4.78 is 6.10. The SMILES string of the molecule is CCNc1cc2ncnc(NCc3ccccc3OCCN3CCCCC3)c2cc1[N+](=O)[O-]. The van der Waals surface area contributed by atoms with Crippen LogP contribution in [0.5, 0.6) is 5.75 Å². The minimum absolute atomic E-state index is 0.00338. The van der Waals surface area contributed by atoms with Crippen LogP contribution in [-0.4, -0.2) is 52.6 Å². The molecule has 0 atom stereocenters. The van der Waals surface area contributed by atoms with E-state index in [9.17, 15) is 10.1 Å². The molecule has 0 bridgehead atoms. The molecule has 2 N–H and O–H groups in total. The maximum absolute atomic E-state index is 11.6. The fourth-order valence-electron chi connectivity index (χ4n) is 4.15. The summed E-state index contributed by atoms with van der Waals surface area (Å²) in [7, 11) is 0. The Kier molecular flexibility index (Phi) is 7.51. The third-order valence-electron chi connectivity index (χ3n) is 5.85. The highest BCUT2D eigenvalue weighted by molar-refractivity contribution is 5.94. The van der Waals surface area contributed by atoms with Crippen LogP contribution in [0, 0.1) is 10.1 Å². The average molecular weight is 451 g/mol. The van der Waals surface area contributed by atoms with Crippen LogP contribution in [0.2, 0.25) is 0 Å². The van der Waals surface area contributed by atoms with Gasteiger partial charge >= 0.3 is 0 Å². The van der Waals surface area contributed by atoms with E-state index in [4.69, 9.17) is 4.74 Å². The molecule has 1 aliphatic rings. The Balaban J connectivity index is 1.48. The second kappa shape index (κ2) is 10.9. The number of piperidine rings is 1. The number of anilines is 2. The smallest absolute Gasteiger partial charge is 0.293 e. The third kappa shape index (κ3) is 5.67. The van der Waals surface area contributed by atoms with Crippen LogP contribution in [0.3, 0.4) is 0 Å². The molecule has 0 unspecified atom stereocenters. The van der Waals surface area contributed by atoms with Gasteiger partial charge in [-0.25, -0.2) is 9.97 Å². The Bertz CT molecular complexity index is 1100. The minimum Gasteiger partial charge on any atom is -0.492 e. The first-order valence-electron chi connectivity index (χ1n) is 11.5. The Labute approximate surface area is 193 Å². The molecule has 9 nitrogen and oxygen atoms in total. The lowest BCUT2D eigenvalue weighted by Crippen LogP contribution is -2.33. The highest BCUT2D eigenvalue weighted by Crippen LogP contribution is 2.32. The van der Waals surface area contributed by atoms with Crippen LogP contribution in [0.4, 0.5) is 17.2 Å². The van der Waals surface area contributed by atoms with Gasteiger partial charge in [-0.05, 0) is 45.0 Å². The van der Waals surface area contributed by atoms with E-state index in [2.05, 4.69) is 25.5 Å². The van der Waals surface area contributed by atoms with Crippen molar-refractivity contribution >= 4 is 28.1 Å². The molecule has 0 spiro atoms. The molecule has 9 heteroatoms. The molecule has 174 valence electrons. The van der Waals surface area contributed by atoms with Crippen molar-refractivity contribution < 1.29 is 9.66 Å². The van der Waals surface area contributed by atoms with Gasteiger partial charge < -0.3 is 15.4 Å². The molecular weight excluding hydrogens is 420 g/mol. The van der Waals surface area contributed by atoms with Crippen molar-refractivity contribution in [3.8, 4) is 5.75 Å². The normalized spacial score (nSPS) is 14.2. The first kappa shape index (κ1) is 22.7. The maximum atomic E-state index is 11.6. The Hall–Kier alpha value is -3.46. The average Bonchev–Trinajstić information content (AvgIpc) is 2.83. The number of rotatable bonds is 10. The number of aromatic nitrogens is 2. The lowest BCUT2D eigenvalue weighted by molar-refractivity contribution is -0.383. The number of hydrogen-bond donors (Lipinski definition) is 2. The lowest BCUT2D eigenvalue weighted by Gasteiger charge is -2.26. The summed E-state index contributed by atoms with van der Waals surface area (Å²) in [6.45, 7) is 6.83. The van der Waals surface area contributed by atoms with E-state index >= 15 is 0 Å². The number of para-hydroxylation sites is 1. The molecule has 2 heterocycles. The number of nitrogens with zero attached hydrogens (tertiary/aromatic N) is 4. The molecule has 1 saturated heterocycles. The van der Waals surface area contributed by atoms with Crippen molar-refractivity contribution in [3.63, 3.8) is 0 Å². The van der Waals surface area contributed by atoms with Crippen molar-refractivity contribution in [2.75, 3.05) is 43.4 Å². The highest BCUT2D eigenvalue weighted by Gasteiger charge is 2.18. The number of hydrogen-bond acceptors (Lipinski definition) is 8. The van der Waals surface area contributed by atoms with Crippen LogP contribution < -0.4 is 15.4 Å². The quantitative estimate of drug-likeness (QED) is 0.345. The molecule has 4 rings (SSSR count). The zero-order valence-corrected chi connectivity index (χ0v) is 18.9. The summed E-state index contributed by atoms with van der Waals surface area (Å²) in [5.41, 5.74) is 2.09. The summed E-state index contributed by atoms with van der Waals surface area (Å²) in [5, 5.41) is 18.5. The van der Waals surface area contributed by atoms with Gasteiger partial charge in [0.25, 0.3) is 5.69 Å².